The van der Waals surface area contributed by atoms with E-state index in [9.17, 15) is 53.4 Å². The van der Waals surface area contributed by atoms with Crippen LogP contribution in [0.15, 0.2) is 48.5 Å². The number of aliphatic carboxylic acids is 2. The number of pyridine rings is 1. The molecule has 4 rings (SSSR count). The van der Waals surface area contributed by atoms with E-state index in [1.807, 2.05) is 48.5 Å². The van der Waals surface area contributed by atoms with Crippen molar-refractivity contribution in [3.8, 4) is 0 Å². The first-order valence-corrected chi connectivity index (χ1v) is 23.0. The van der Waals surface area contributed by atoms with Gasteiger partial charge in [-0.1, -0.05) is 56.7 Å². The molecule has 13 N–H and O–H groups in total. The van der Waals surface area contributed by atoms with Crippen molar-refractivity contribution in [2.75, 3.05) is 29.9 Å². The lowest BCUT2D eigenvalue weighted by Gasteiger charge is -2.28. The highest BCUT2D eigenvalue weighted by atomic mass is 32.2. The number of thioether (sulfide) groups is 1. The molecule has 1 fully saturated rings. The first kappa shape index (κ1) is 52.1. The molecule has 1 aromatic heterocycles. The Balaban J connectivity index is 1.55. The Kier molecular flexibility index (Phi) is 20.4. The van der Waals surface area contributed by atoms with Gasteiger partial charge >= 0.3 is 11.9 Å². The van der Waals surface area contributed by atoms with Crippen LogP contribution in [-0.4, -0.2) is 129 Å². The first-order valence-electron chi connectivity index (χ1n) is 21.9. The summed E-state index contributed by atoms with van der Waals surface area (Å²) in [6, 6.07) is 6.51. The number of para-hydroxylation sites is 2. The zero-order chi connectivity index (χ0) is 48.3. The van der Waals surface area contributed by atoms with Gasteiger partial charge in [-0.2, -0.15) is 0 Å². The van der Waals surface area contributed by atoms with Crippen molar-refractivity contribution in [3.05, 3.63) is 48.5 Å². The summed E-state index contributed by atoms with van der Waals surface area (Å²) in [5, 5.41) is 39.4. The highest BCUT2D eigenvalue weighted by Gasteiger charge is 2.36. The van der Waals surface area contributed by atoms with Gasteiger partial charge in [0.15, 0.2) is 0 Å². The van der Waals surface area contributed by atoms with Crippen LogP contribution < -0.4 is 48.7 Å². The van der Waals surface area contributed by atoms with Crippen LogP contribution in [0, 0.1) is 5.92 Å². The van der Waals surface area contributed by atoms with Crippen molar-refractivity contribution < 1.29 is 53.4 Å². The van der Waals surface area contributed by atoms with Gasteiger partial charge in [0.25, 0.3) is 0 Å². The summed E-state index contributed by atoms with van der Waals surface area (Å²) in [6.45, 7) is 4.12. The summed E-state index contributed by atoms with van der Waals surface area (Å²) in [4.78, 5) is 123. The summed E-state index contributed by atoms with van der Waals surface area (Å²) >= 11 is 0.858. The van der Waals surface area contributed by atoms with Gasteiger partial charge in [-0.05, 0) is 63.1 Å². The second kappa shape index (κ2) is 25.8. The molecule has 2 heterocycles. The Labute approximate surface area is 385 Å². The normalized spacial score (nSPS) is 21.1. The Morgan fingerprint density at radius 2 is 1.33 bits per heavy atom. The molecule has 0 bridgehead atoms. The molecule has 0 spiro atoms. The number of fused-ring (bicyclic) bond motifs is 2. The minimum Gasteiger partial charge on any atom is -0.481 e. The Morgan fingerprint density at radius 1 is 0.773 bits per heavy atom. The summed E-state index contributed by atoms with van der Waals surface area (Å²) in [5.74, 6) is -10.7. The van der Waals surface area contributed by atoms with Crippen molar-refractivity contribution in [3.63, 3.8) is 0 Å². The lowest BCUT2D eigenvalue weighted by molar-refractivity contribution is -0.142. The van der Waals surface area contributed by atoms with Crippen molar-refractivity contribution in [1.29, 1.82) is 0 Å². The number of carboxylic acid groups (broad SMARTS) is 2. The van der Waals surface area contributed by atoms with Crippen LogP contribution in [0.2, 0.25) is 0 Å². The van der Waals surface area contributed by atoms with Crippen LogP contribution in [0.1, 0.15) is 71.6 Å². The molecule has 1 aliphatic rings. The number of hydrogen-bond donors (Lipinski definition) is 11. The van der Waals surface area contributed by atoms with Crippen molar-refractivity contribution in [2.45, 2.75) is 108 Å². The molecule has 1 aliphatic heterocycles. The van der Waals surface area contributed by atoms with E-state index in [2.05, 4.69) is 37.2 Å². The van der Waals surface area contributed by atoms with Crippen LogP contribution in [0.3, 0.4) is 0 Å². The molecule has 66 heavy (non-hydrogen) atoms. The number of aromatic nitrogens is 1. The van der Waals surface area contributed by atoms with Gasteiger partial charge in [0, 0.05) is 23.1 Å². The molecule has 22 heteroatoms. The van der Waals surface area contributed by atoms with Gasteiger partial charge in [0.1, 0.15) is 36.3 Å². The van der Waals surface area contributed by atoms with Gasteiger partial charge in [-0.25, -0.2) is 4.98 Å². The number of rotatable bonds is 19. The SMILES string of the molecule is CC[C@H](C)[C@@H]1NC(=O)CSC[C@@H](C(=O)N[C@@H](CCCCNc2c3ccccc3nc3ccccc23)C(N)=O)NC(=O)[C@H](CC(=O)O)NC(=O)[C@H](CCCCN)NC(=O)[C@H](CC(=O)O)NC1=O. The number of benzene rings is 2. The average Bonchev–Trinajstić information content (AvgIpc) is 3.27. The fraction of sp³-hybridized carbons (Fsp3) is 0.500. The molecule has 3 aromatic rings. The van der Waals surface area contributed by atoms with E-state index >= 15 is 0 Å². The van der Waals surface area contributed by atoms with E-state index in [1.165, 1.54) is 0 Å². The molecular weight excluding hydrogens is 877 g/mol. The monoisotopic (exact) mass is 936 g/mol. The quantitative estimate of drug-likeness (QED) is 0.0567. The molecule has 7 atom stereocenters. The summed E-state index contributed by atoms with van der Waals surface area (Å²) in [6.07, 6.45) is 0.171. The van der Waals surface area contributed by atoms with Gasteiger partial charge in [0.05, 0.1) is 35.3 Å². The largest absolute Gasteiger partial charge is 0.481 e. The standard InChI is InChI=1S/C44H60N10O11S/c1-3-24(2)37-44(65)52-32(21-36(58)59)41(62)50-30(17-8-10-18-45)40(61)51-31(20-35(56)57)42(63)53-33(22-66-23-34(55)54-37)43(64)49-29(39(46)60)16-9-11-19-47-38-25-12-4-6-14-27(25)48-28-15-7-5-13-26(28)38/h4-7,12-15,24,29-33,37H,3,8-11,16-23,45H2,1-2H3,(H2,46,60)(H,47,48)(H,49,64)(H,50,62)(H,51,61)(H,52,65)(H,53,63)(H,54,55)(H,56,57)(H,58,59)/t24-,29-,30-,31-,32-,33-,37-/m0/s1. The third-order valence-corrected chi connectivity index (χ3v) is 12.1. The number of unbranched alkanes of at least 4 members (excludes halogenated alkanes) is 2. The topological polar surface area (TPSA) is 343 Å². The van der Waals surface area contributed by atoms with Crippen LogP contribution >= 0.6 is 11.8 Å². The molecule has 0 aliphatic carbocycles. The zero-order valence-electron chi connectivity index (χ0n) is 36.9. The third-order valence-electron chi connectivity index (χ3n) is 11.0. The fourth-order valence-corrected chi connectivity index (χ4v) is 8.11. The lowest BCUT2D eigenvalue weighted by atomic mass is 9.97. The molecule has 7 amide bonds. The fourth-order valence-electron chi connectivity index (χ4n) is 7.25. The van der Waals surface area contributed by atoms with Crippen molar-refractivity contribution in [2.24, 2.45) is 17.4 Å². The minimum atomic E-state index is -1.81. The van der Waals surface area contributed by atoms with Gasteiger partial charge in [0.2, 0.25) is 41.4 Å². The summed E-state index contributed by atoms with van der Waals surface area (Å²) in [7, 11) is 0. The number of nitrogens with zero attached hydrogens (tertiary/aromatic N) is 1. The van der Waals surface area contributed by atoms with E-state index in [0.29, 0.717) is 32.2 Å². The smallest absolute Gasteiger partial charge is 0.305 e. The number of nitrogens with one attached hydrogen (secondary N) is 7. The Bertz CT molecular complexity index is 2190. The average molecular weight is 937 g/mol. The molecule has 21 nitrogen and oxygen atoms in total. The zero-order valence-corrected chi connectivity index (χ0v) is 37.7. The van der Waals surface area contributed by atoms with Crippen molar-refractivity contribution in [1.82, 2.24) is 36.9 Å². The van der Waals surface area contributed by atoms with E-state index < -0.39 is 108 Å². The van der Waals surface area contributed by atoms with Crippen LogP contribution in [0.4, 0.5) is 5.69 Å². The van der Waals surface area contributed by atoms with Crippen LogP contribution in [0.5, 0.6) is 0 Å². The Morgan fingerprint density at radius 3 is 1.91 bits per heavy atom. The highest BCUT2D eigenvalue weighted by molar-refractivity contribution is 8.00. The minimum absolute atomic E-state index is 0.0841. The number of carboxylic acids is 2. The molecular formula is C44H60N10O11S. The molecule has 0 saturated carbocycles. The Hall–Kier alpha value is -6.55. The van der Waals surface area contributed by atoms with E-state index in [1.54, 1.807) is 13.8 Å². The predicted molar refractivity (Wildman–Crippen MR) is 247 cm³/mol. The second-order valence-corrected chi connectivity index (χ2v) is 17.1. The van der Waals surface area contributed by atoms with Crippen LogP contribution in [-0.2, 0) is 43.2 Å². The number of hydrogen-bond acceptors (Lipinski definition) is 13. The molecule has 0 unspecified atom stereocenters. The van der Waals surface area contributed by atoms with E-state index in [-0.39, 0.29) is 37.3 Å². The molecule has 2 aromatic carbocycles. The lowest BCUT2D eigenvalue weighted by Crippen LogP contribution is -2.61. The highest BCUT2D eigenvalue weighted by Crippen LogP contribution is 2.30. The van der Waals surface area contributed by atoms with Gasteiger partial charge < -0.3 is 58.9 Å². The second-order valence-electron chi connectivity index (χ2n) is 16.1. The maximum absolute atomic E-state index is 13.9. The number of nitrogens with two attached hydrogens (primary N) is 2. The maximum atomic E-state index is 13.9. The predicted octanol–water partition coefficient (Wildman–Crippen LogP) is 0.236. The number of amides is 7. The summed E-state index contributed by atoms with van der Waals surface area (Å²) in [5.41, 5.74) is 13.9. The van der Waals surface area contributed by atoms with E-state index in [0.717, 1.165) is 39.3 Å². The number of anilines is 1. The molecule has 0 radical (unpaired) electrons. The van der Waals surface area contributed by atoms with Gasteiger partial charge in [-0.15, -0.1) is 11.8 Å². The molecule has 1 saturated heterocycles. The van der Waals surface area contributed by atoms with E-state index in [4.69, 9.17) is 16.5 Å². The number of carbonyl (C=O) groups is 9. The van der Waals surface area contributed by atoms with Crippen molar-refractivity contribution >= 4 is 92.5 Å². The number of primary amides is 1. The molecule has 358 valence electrons. The van der Waals surface area contributed by atoms with Gasteiger partial charge in [-0.3, -0.25) is 43.2 Å². The summed E-state index contributed by atoms with van der Waals surface area (Å²) < 4.78 is 0. The maximum Gasteiger partial charge on any atom is 0.305 e. The third kappa shape index (κ3) is 15.6. The number of carbonyl (C=O) groups excluding carboxylic acids is 7. The first-order chi connectivity index (χ1) is 31.5. The van der Waals surface area contributed by atoms with Crippen LogP contribution in [0.25, 0.3) is 21.8 Å².